The molecule has 1 N–H and O–H groups in total. The fourth-order valence-corrected chi connectivity index (χ4v) is 2.75. The summed E-state index contributed by atoms with van der Waals surface area (Å²) in [7, 11) is 3.16. The van der Waals surface area contributed by atoms with Crippen LogP contribution < -0.4 is 19.5 Å². The van der Waals surface area contributed by atoms with Crippen molar-refractivity contribution in [1.82, 2.24) is 5.32 Å². The number of carbonyl (C=O) groups is 1. The Morgan fingerprint density at radius 1 is 1.00 bits per heavy atom. The predicted octanol–water partition coefficient (Wildman–Crippen LogP) is 4.49. The molecule has 0 fully saturated rings. The van der Waals surface area contributed by atoms with Crippen LogP contribution in [0.2, 0.25) is 10.0 Å². The molecule has 2 rings (SSSR count). The van der Waals surface area contributed by atoms with Gasteiger partial charge in [0, 0.05) is 18.0 Å². The summed E-state index contributed by atoms with van der Waals surface area (Å²) in [4.78, 5) is 12.0. The van der Waals surface area contributed by atoms with E-state index in [2.05, 4.69) is 5.32 Å². The summed E-state index contributed by atoms with van der Waals surface area (Å²) in [6.45, 7) is 0.814. The third kappa shape index (κ3) is 6.00. The van der Waals surface area contributed by atoms with E-state index in [1.54, 1.807) is 32.4 Å². The number of carbonyl (C=O) groups excluding carboxylic acids is 1. The van der Waals surface area contributed by atoms with Crippen LogP contribution in [0.3, 0.4) is 0 Å². The van der Waals surface area contributed by atoms with Gasteiger partial charge in [-0.15, -0.1) is 0 Å². The summed E-state index contributed by atoms with van der Waals surface area (Å²) in [5.74, 6) is 1.79. The van der Waals surface area contributed by atoms with E-state index in [9.17, 15) is 4.79 Å². The number of hydrogen-bond donors (Lipinski definition) is 1. The normalized spacial score (nSPS) is 10.3. The first-order chi connectivity index (χ1) is 12.5. The van der Waals surface area contributed by atoms with Crippen LogP contribution in [-0.2, 0) is 11.3 Å². The Morgan fingerprint density at radius 2 is 1.73 bits per heavy atom. The minimum Gasteiger partial charge on any atom is -0.493 e. The fraction of sp³-hybridized carbons (Fsp3) is 0.316. The van der Waals surface area contributed by atoms with Crippen LogP contribution >= 0.6 is 23.2 Å². The number of methoxy groups -OCH3 is 2. The van der Waals surface area contributed by atoms with E-state index in [1.807, 2.05) is 18.2 Å². The van der Waals surface area contributed by atoms with E-state index in [4.69, 9.17) is 37.4 Å². The molecule has 2 aromatic rings. The Hall–Kier alpha value is -2.11. The van der Waals surface area contributed by atoms with E-state index in [1.165, 1.54) is 0 Å². The molecule has 0 atom stereocenters. The SMILES string of the molecule is COc1ccc(CNC(=O)CCCOc2ccc(Cl)cc2Cl)cc1OC. The highest BCUT2D eigenvalue weighted by molar-refractivity contribution is 6.35. The van der Waals surface area contributed by atoms with E-state index in [0.717, 1.165) is 5.56 Å². The van der Waals surface area contributed by atoms with Crippen molar-refractivity contribution in [2.45, 2.75) is 19.4 Å². The highest BCUT2D eigenvalue weighted by Crippen LogP contribution is 2.28. The highest BCUT2D eigenvalue weighted by atomic mass is 35.5. The molecule has 0 saturated carbocycles. The molecule has 0 heterocycles. The average molecular weight is 398 g/mol. The monoisotopic (exact) mass is 397 g/mol. The summed E-state index contributed by atoms with van der Waals surface area (Å²) in [5, 5.41) is 3.88. The Kier molecular flexibility index (Phi) is 7.88. The lowest BCUT2D eigenvalue weighted by atomic mass is 10.2. The number of amides is 1. The number of hydrogen-bond acceptors (Lipinski definition) is 4. The summed E-state index contributed by atoms with van der Waals surface area (Å²) in [6.07, 6.45) is 0.940. The van der Waals surface area contributed by atoms with E-state index in [-0.39, 0.29) is 5.91 Å². The molecular weight excluding hydrogens is 377 g/mol. The Bertz CT molecular complexity index is 752. The lowest BCUT2D eigenvalue weighted by molar-refractivity contribution is -0.121. The van der Waals surface area contributed by atoms with Crippen LogP contribution in [0.1, 0.15) is 18.4 Å². The van der Waals surface area contributed by atoms with Gasteiger partial charge in [0.1, 0.15) is 5.75 Å². The van der Waals surface area contributed by atoms with Gasteiger partial charge < -0.3 is 19.5 Å². The maximum absolute atomic E-state index is 12.0. The molecule has 5 nitrogen and oxygen atoms in total. The Balaban J connectivity index is 1.72. The molecule has 0 aliphatic rings. The van der Waals surface area contributed by atoms with E-state index in [0.29, 0.717) is 53.3 Å². The van der Waals surface area contributed by atoms with E-state index >= 15 is 0 Å². The number of rotatable bonds is 9. The summed E-state index contributed by atoms with van der Waals surface area (Å²) < 4.78 is 16.0. The van der Waals surface area contributed by atoms with E-state index < -0.39 is 0 Å². The first-order valence-corrected chi connectivity index (χ1v) is 8.84. The quantitative estimate of drug-likeness (QED) is 0.633. The van der Waals surface area contributed by atoms with Gasteiger partial charge in [-0.05, 0) is 42.3 Å². The van der Waals surface area contributed by atoms with Crippen LogP contribution in [0.15, 0.2) is 36.4 Å². The van der Waals surface area contributed by atoms with Crippen molar-refractivity contribution in [2.75, 3.05) is 20.8 Å². The summed E-state index contributed by atoms with van der Waals surface area (Å²) in [6, 6.07) is 10.6. The molecule has 2 aromatic carbocycles. The molecule has 0 radical (unpaired) electrons. The third-order valence-electron chi connectivity index (χ3n) is 3.64. The smallest absolute Gasteiger partial charge is 0.220 e. The summed E-state index contributed by atoms with van der Waals surface area (Å²) >= 11 is 11.9. The first-order valence-electron chi connectivity index (χ1n) is 8.09. The van der Waals surface area contributed by atoms with Gasteiger partial charge in [0.15, 0.2) is 11.5 Å². The Morgan fingerprint density at radius 3 is 2.42 bits per heavy atom. The van der Waals surface area contributed by atoms with Gasteiger partial charge in [0.05, 0.1) is 25.8 Å². The van der Waals surface area contributed by atoms with Gasteiger partial charge >= 0.3 is 0 Å². The highest BCUT2D eigenvalue weighted by Gasteiger charge is 2.07. The van der Waals surface area contributed by atoms with Crippen LogP contribution in [-0.4, -0.2) is 26.7 Å². The van der Waals surface area contributed by atoms with Crippen LogP contribution in [0.5, 0.6) is 17.2 Å². The van der Waals surface area contributed by atoms with Crippen molar-refractivity contribution in [1.29, 1.82) is 0 Å². The number of nitrogens with one attached hydrogen (secondary N) is 1. The molecule has 0 aliphatic heterocycles. The van der Waals surface area contributed by atoms with Crippen LogP contribution in [0, 0.1) is 0 Å². The van der Waals surface area contributed by atoms with Crippen LogP contribution in [0.25, 0.3) is 0 Å². The minimum atomic E-state index is -0.0504. The van der Waals surface area contributed by atoms with Gasteiger partial charge in [0.25, 0.3) is 0 Å². The lowest BCUT2D eigenvalue weighted by Gasteiger charge is -2.11. The molecule has 26 heavy (non-hydrogen) atoms. The first kappa shape index (κ1) is 20.2. The van der Waals surface area contributed by atoms with Crippen molar-refractivity contribution < 1.29 is 19.0 Å². The number of halogens is 2. The largest absolute Gasteiger partial charge is 0.493 e. The van der Waals surface area contributed by atoms with Crippen molar-refractivity contribution in [3.05, 3.63) is 52.0 Å². The molecular formula is C19H21Cl2NO4. The average Bonchev–Trinajstić information content (AvgIpc) is 2.64. The van der Waals surface area contributed by atoms with Gasteiger partial charge in [-0.3, -0.25) is 4.79 Å². The standard InChI is InChI=1S/C19H21Cl2NO4/c1-24-17-7-5-13(10-18(17)25-2)12-22-19(23)4-3-9-26-16-8-6-14(20)11-15(16)21/h5-8,10-11H,3-4,9,12H2,1-2H3,(H,22,23). The van der Waals surface area contributed by atoms with Gasteiger partial charge in [-0.25, -0.2) is 0 Å². The summed E-state index contributed by atoms with van der Waals surface area (Å²) in [5.41, 5.74) is 0.931. The molecule has 0 aromatic heterocycles. The second-order valence-corrected chi connectivity index (χ2v) is 6.34. The molecule has 1 amide bonds. The predicted molar refractivity (Wildman–Crippen MR) is 103 cm³/mol. The van der Waals surface area contributed by atoms with Gasteiger partial charge in [-0.2, -0.15) is 0 Å². The van der Waals surface area contributed by atoms with Crippen LogP contribution in [0.4, 0.5) is 0 Å². The molecule has 140 valence electrons. The van der Waals surface area contributed by atoms with Crippen molar-refractivity contribution in [2.24, 2.45) is 0 Å². The third-order valence-corrected chi connectivity index (χ3v) is 4.17. The number of benzene rings is 2. The molecule has 0 bridgehead atoms. The molecule has 0 saturated heterocycles. The zero-order valence-corrected chi connectivity index (χ0v) is 16.2. The lowest BCUT2D eigenvalue weighted by Crippen LogP contribution is -2.23. The molecule has 0 aliphatic carbocycles. The molecule has 0 spiro atoms. The zero-order chi connectivity index (χ0) is 18.9. The van der Waals surface area contributed by atoms with Crippen molar-refractivity contribution >= 4 is 29.1 Å². The van der Waals surface area contributed by atoms with Gasteiger partial charge in [-0.1, -0.05) is 29.3 Å². The van der Waals surface area contributed by atoms with Crippen molar-refractivity contribution in [3.63, 3.8) is 0 Å². The second-order valence-electron chi connectivity index (χ2n) is 5.49. The maximum atomic E-state index is 12.0. The van der Waals surface area contributed by atoms with Gasteiger partial charge in [0.2, 0.25) is 5.91 Å². The second kappa shape index (κ2) is 10.1. The fourth-order valence-electron chi connectivity index (χ4n) is 2.29. The zero-order valence-electron chi connectivity index (χ0n) is 14.7. The molecule has 0 unspecified atom stereocenters. The molecule has 7 heteroatoms. The van der Waals surface area contributed by atoms with Crippen molar-refractivity contribution in [3.8, 4) is 17.2 Å². The maximum Gasteiger partial charge on any atom is 0.220 e. The topological polar surface area (TPSA) is 56.8 Å². The Labute approximate surface area is 163 Å². The minimum absolute atomic E-state index is 0.0504. The number of ether oxygens (including phenoxy) is 3.